The highest BCUT2D eigenvalue weighted by Gasteiger charge is 2.45. The summed E-state index contributed by atoms with van der Waals surface area (Å²) in [6, 6.07) is 0.335. The van der Waals surface area contributed by atoms with Gasteiger partial charge in [0.25, 0.3) is 0 Å². The molecular weight excluding hydrogens is 180 g/mol. The molecule has 4 heteroatoms. The van der Waals surface area contributed by atoms with Crippen molar-refractivity contribution < 1.29 is 9.90 Å². The Morgan fingerprint density at radius 3 is 2.50 bits per heavy atom. The number of hydrogen-bond acceptors (Lipinski definition) is 3. The van der Waals surface area contributed by atoms with E-state index in [2.05, 4.69) is 11.8 Å². The van der Waals surface area contributed by atoms with E-state index >= 15 is 0 Å². The standard InChI is InChI=1S/C10H20N2O2/c1-8-7-10(9(13)14,11(2)3)5-6-12(8)4/h8H,5-7H2,1-4H3,(H,13,14)/t8-,10+/m1/s1. The molecule has 0 spiro atoms. The van der Waals surface area contributed by atoms with E-state index in [0.29, 0.717) is 18.9 Å². The molecule has 0 aromatic rings. The van der Waals surface area contributed by atoms with Crippen molar-refractivity contribution in [3.05, 3.63) is 0 Å². The van der Waals surface area contributed by atoms with Gasteiger partial charge in [0.05, 0.1) is 0 Å². The number of likely N-dealkylation sites (tertiary alicyclic amines) is 1. The number of piperidine rings is 1. The van der Waals surface area contributed by atoms with Crippen molar-refractivity contribution in [3.8, 4) is 0 Å². The van der Waals surface area contributed by atoms with Crippen LogP contribution in [0.4, 0.5) is 0 Å². The fraction of sp³-hybridized carbons (Fsp3) is 0.900. The lowest BCUT2D eigenvalue weighted by atomic mass is 9.83. The predicted molar refractivity (Wildman–Crippen MR) is 55.4 cm³/mol. The van der Waals surface area contributed by atoms with Crippen molar-refractivity contribution in [2.24, 2.45) is 0 Å². The Labute approximate surface area is 85.5 Å². The summed E-state index contributed by atoms with van der Waals surface area (Å²) < 4.78 is 0. The summed E-state index contributed by atoms with van der Waals surface area (Å²) in [5.41, 5.74) is -0.661. The molecule has 1 aliphatic rings. The summed E-state index contributed by atoms with van der Waals surface area (Å²) in [6.45, 7) is 2.94. The molecule has 1 heterocycles. The van der Waals surface area contributed by atoms with Gasteiger partial charge in [0.15, 0.2) is 0 Å². The Morgan fingerprint density at radius 2 is 2.14 bits per heavy atom. The number of likely N-dealkylation sites (N-methyl/N-ethyl adjacent to an activating group) is 1. The molecule has 1 saturated heterocycles. The van der Waals surface area contributed by atoms with Crippen LogP contribution in [-0.4, -0.2) is 60.1 Å². The maximum Gasteiger partial charge on any atom is 0.324 e. The van der Waals surface area contributed by atoms with Gasteiger partial charge in [0.1, 0.15) is 5.54 Å². The second-order valence-electron chi connectivity index (χ2n) is 4.51. The number of hydrogen-bond donors (Lipinski definition) is 1. The molecule has 1 rings (SSSR count). The first-order valence-corrected chi connectivity index (χ1v) is 5.01. The maximum atomic E-state index is 11.3. The number of carboxylic acids is 1. The van der Waals surface area contributed by atoms with E-state index in [9.17, 15) is 9.90 Å². The smallest absolute Gasteiger partial charge is 0.324 e. The zero-order chi connectivity index (χ0) is 10.9. The second kappa shape index (κ2) is 3.87. The van der Waals surface area contributed by atoms with E-state index in [1.807, 2.05) is 26.0 Å². The van der Waals surface area contributed by atoms with E-state index in [1.165, 1.54) is 0 Å². The van der Waals surface area contributed by atoms with Crippen LogP contribution in [0, 0.1) is 0 Å². The summed E-state index contributed by atoms with van der Waals surface area (Å²) in [5.74, 6) is -0.692. The van der Waals surface area contributed by atoms with Crippen LogP contribution in [0.25, 0.3) is 0 Å². The van der Waals surface area contributed by atoms with E-state index < -0.39 is 11.5 Å². The maximum absolute atomic E-state index is 11.3. The predicted octanol–water partition coefficient (Wildman–Crippen LogP) is 0.486. The molecule has 0 amide bonds. The average molecular weight is 200 g/mol. The van der Waals surface area contributed by atoms with Gasteiger partial charge >= 0.3 is 5.97 Å². The van der Waals surface area contributed by atoms with Crippen molar-refractivity contribution in [1.29, 1.82) is 0 Å². The Hall–Kier alpha value is -0.610. The normalized spacial score (nSPS) is 34.8. The third-order valence-electron chi connectivity index (χ3n) is 3.52. The summed E-state index contributed by atoms with van der Waals surface area (Å²) >= 11 is 0. The van der Waals surface area contributed by atoms with Gasteiger partial charge in [-0.15, -0.1) is 0 Å². The highest BCUT2D eigenvalue weighted by atomic mass is 16.4. The molecule has 1 aliphatic heterocycles. The molecule has 1 N–H and O–H groups in total. The monoisotopic (exact) mass is 200 g/mol. The van der Waals surface area contributed by atoms with Crippen LogP contribution in [0.3, 0.4) is 0 Å². The molecule has 82 valence electrons. The first kappa shape index (κ1) is 11.5. The molecule has 14 heavy (non-hydrogen) atoms. The van der Waals surface area contributed by atoms with Gasteiger partial charge in [-0.2, -0.15) is 0 Å². The lowest BCUT2D eigenvalue weighted by Crippen LogP contribution is -2.59. The summed E-state index contributed by atoms with van der Waals surface area (Å²) in [6.07, 6.45) is 1.40. The molecule has 0 bridgehead atoms. The zero-order valence-electron chi connectivity index (χ0n) is 9.45. The van der Waals surface area contributed by atoms with Crippen LogP contribution in [0.5, 0.6) is 0 Å². The highest BCUT2D eigenvalue weighted by Crippen LogP contribution is 2.30. The molecule has 0 unspecified atom stereocenters. The fourth-order valence-corrected chi connectivity index (χ4v) is 2.12. The Balaban J connectivity index is 2.86. The van der Waals surface area contributed by atoms with Gasteiger partial charge in [-0.25, -0.2) is 0 Å². The minimum absolute atomic E-state index is 0.335. The minimum atomic E-state index is -0.692. The van der Waals surface area contributed by atoms with Crippen LogP contribution in [0.1, 0.15) is 19.8 Å². The summed E-state index contributed by atoms with van der Waals surface area (Å²) in [7, 11) is 5.75. The third-order valence-corrected chi connectivity index (χ3v) is 3.52. The van der Waals surface area contributed by atoms with Gasteiger partial charge in [-0.3, -0.25) is 9.69 Å². The Kier molecular flexibility index (Phi) is 3.17. The van der Waals surface area contributed by atoms with Crippen molar-refractivity contribution in [2.45, 2.75) is 31.3 Å². The molecule has 4 nitrogen and oxygen atoms in total. The lowest BCUT2D eigenvalue weighted by Gasteiger charge is -2.45. The van der Waals surface area contributed by atoms with Crippen LogP contribution < -0.4 is 0 Å². The quantitative estimate of drug-likeness (QED) is 0.704. The fourth-order valence-electron chi connectivity index (χ4n) is 2.12. The minimum Gasteiger partial charge on any atom is -0.480 e. The van der Waals surface area contributed by atoms with Gasteiger partial charge < -0.3 is 10.0 Å². The van der Waals surface area contributed by atoms with Crippen molar-refractivity contribution in [3.63, 3.8) is 0 Å². The zero-order valence-corrected chi connectivity index (χ0v) is 9.45. The number of nitrogens with zero attached hydrogens (tertiary/aromatic N) is 2. The van der Waals surface area contributed by atoms with E-state index in [1.54, 1.807) is 0 Å². The van der Waals surface area contributed by atoms with Gasteiger partial charge in [-0.1, -0.05) is 0 Å². The molecule has 1 fully saturated rings. The summed E-state index contributed by atoms with van der Waals surface area (Å²) in [4.78, 5) is 15.4. The largest absolute Gasteiger partial charge is 0.480 e. The lowest BCUT2D eigenvalue weighted by molar-refractivity contribution is -0.154. The van der Waals surface area contributed by atoms with Crippen molar-refractivity contribution in [1.82, 2.24) is 9.80 Å². The molecule has 2 atom stereocenters. The molecular formula is C10H20N2O2. The Bertz CT molecular complexity index is 230. The van der Waals surface area contributed by atoms with Crippen LogP contribution >= 0.6 is 0 Å². The van der Waals surface area contributed by atoms with E-state index in [0.717, 1.165) is 6.54 Å². The number of carbonyl (C=O) groups is 1. The number of carboxylic acid groups (broad SMARTS) is 1. The first-order chi connectivity index (χ1) is 6.40. The van der Waals surface area contributed by atoms with Crippen molar-refractivity contribution in [2.75, 3.05) is 27.7 Å². The number of aliphatic carboxylic acids is 1. The van der Waals surface area contributed by atoms with E-state index in [4.69, 9.17) is 0 Å². The Morgan fingerprint density at radius 1 is 1.57 bits per heavy atom. The second-order valence-corrected chi connectivity index (χ2v) is 4.51. The van der Waals surface area contributed by atoms with Crippen molar-refractivity contribution >= 4 is 5.97 Å². The summed E-state index contributed by atoms with van der Waals surface area (Å²) in [5, 5.41) is 9.30. The van der Waals surface area contributed by atoms with Gasteiger partial charge in [0.2, 0.25) is 0 Å². The van der Waals surface area contributed by atoms with Crippen LogP contribution in [0.15, 0.2) is 0 Å². The first-order valence-electron chi connectivity index (χ1n) is 5.01. The molecule has 0 aromatic heterocycles. The van der Waals surface area contributed by atoms with E-state index in [-0.39, 0.29) is 0 Å². The third kappa shape index (κ3) is 1.77. The molecule has 0 aliphatic carbocycles. The topological polar surface area (TPSA) is 43.8 Å². The highest BCUT2D eigenvalue weighted by molar-refractivity contribution is 5.79. The van der Waals surface area contributed by atoms with Gasteiger partial charge in [0, 0.05) is 12.6 Å². The molecule has 0 aromatic carbocycles. The van der Waals surface area contributed by atoms with Gasteiger partial charge in [-0.05, 0) is 40.9 Å². The number of rotatable bonds is 2. The SMILES string of the molecule is C[C@@H]1C[C@@](C(=O)O)(N(C)C)CCN1C. The van der Waals surface area contributed by atoms with Crippen LogP contribution in [0.2, 0.25) is 0 Å². The molecule has 0 radical (unpaired) electrons. The average Bonchev–Trinajstić information content (AvgIpc) is 2.09. The van der Waals surface area contributed by atoms with Crippen LogP contribution in [-0.2, 0) is 4.79 Å². The molecule has 0 saturated carbocycles.